The van der Waals surface area contributed by atoms with Crippen LogP contribution in [0.3, 0.4) is 0 Å². The molecule has 2 aromatic rings. The lowest BCUT2D eigenvalue weighted by molar-refractivity contribution is -0.121. The first kappa shape index (κ1) is 19.7. The molecule has 0 saturated carbocycles. The first-order valence-electron chi connectivity index (χ1n) is 8.03. The number of benzene rings is 2. The summed E-state index contributed by atoms with van der Waals surface area (Å²) in [6.45, 7) is 2.02. The molecule has 0 atom stereocenters. The van der Waals surface area contributed by atoms with Crippen LogP contribution < -0.4 is 15.0 Å². The van der Waals surface area contributed by atoms with E-state index in [1.165, 1.54) is 31.1 Å². The summed E-state index contributed by atoms with van der Waals surface area (Å²) < 4.78 is 18.0. The van der Waals surface area contributed by atoms with Gasteiger partial charge in [-0.1, -0.05) is 23.7 Å². The number of nitrogens with one attached hydrogen (secondary N) is 1. The molecule has 138 valence electrons. The van der Waals surface area contributed by atoms with Gasteiger partial charge in [-0.05, 0) is 35.9 Å². The Morgan fingerprint density at radius 2 is 1.88 bits per heavy atom. The minimum atomic E-state index is -0.343. The highest BCUT2D eigenvalue weighted by Crippen LogP contribution is 2.29. The van der Waals surface area contributed by atoms with E-state index in [2.05, 4.69) is 5.32 Å². The average molecular weight is 379 g/mol. The van der Waals surface area contributed by atoms with Gasteiger partial charge in [0.15, 0.2) is 0 Å². The molecule has 0 aliphatic carbocycles. The largest absolute Gasteiger partial charge is 0.495 e. The first-order chi connectivity index (χ1) is 12.4. The standard InChI is InChI=1S/C19H20ClFN2O3/c1-13(24)23(16-7-8-18(26-2)17(20)12-16)10-9-22-19(25)11-14-3-5-15(21)6-4-14/h3-8,12H,9-11H2,1-2H3,(H,22,25). The van der Waals surface area contributed by atoms with Gasteiger partial charge in [0, 0.05) is 25.7 Å². The van der Waals surface area contributed by atoms with Gasteiger partial charge in [-0.2, -0.15) is 0 Å². The molecule has 0 radical (unpaired) electrons. The van der Waals surface area contributed by atoms with E-state index >= 15 is 0 Å². The van der Waals surface area contributed by atoms with Crippen molar-refractivity contribution in [2.75, 3.05) is 25.1 Å². The predicted octanol–water partition coefficient (Wildman–Crippen LogP) is 3.20. The van der Waals surface area contributed by atoms with Crippen molar-refractivity contribution in [3.05, 3.63) is 58.9 Å². The highest BCUT2D eigenvalue weighted by molar-refractivity contribution is 6.32. The van der Waals surface area contributed by atoms with Gasteiger partial charge < -0.3 is 15.0 Å². The molecule has 0 aliphatic rings. The van der Waals surface area contributed by atoms with Crippen molar-refractivity contribution in [1.29, 1.82) is 0 Å². The number of carbonyl (C=O) groups excluding carboxylic acids is 2. The van der Waals surface area contributed by atoms with Crippen LogP contribution in [0.2, 0.25) is 5.02 Å². The number of nitrogens with zero attached hydrogens (tertiary/aromatic N) is 1. The van der Waals surface area contributed by atoms with Crippen molar-refractivity contribution in [3.8, 4) is 5.75 Å². The molecular weight excluding hydrogens is 359 g/mol. The van der Waals surface area contributed by atoms with Crippen LogP contribution in [0.4, 0.5) is 10.1 Å². The van der Waals surface area contributed by atoms with Crippen LogP contribution in [0, 0.1) is 5.82 Å². The molecule has 2 aromatic carbocycles. The molecule has 5 nitrogen and oxygen atoms in total. The first-order valence-corrected chi connectivity index (χ1v) is 8.41. The van der Waals surface area contributed by atoms with Crippen molar-refractivity contribution in [1.82, 2.24) is 5.32 Å². The van der Waals surface area contributed by atoms with E-state index in [1.807, 2.05) is 0 Å². The van der Waals surface area contributed by atoms with Gasteiger partial charge in [0.25, 0.3) is 0 Å². The van der Waals surface area contributed by atoms with Crippen LogP contribution in [-0.2, 0) is 16.0 Å². The summed E-state index contributed by atoms with van der Waals surface area (Å²) in [5.74, 6) is -0.192. The summed E-state index contributed by atoms with van der Waals surface area (Å²) in [6.07, 6.45) is 0.148. The number of rotatable bonds is 7. The number of carbonyl (C=O) groups is 2. The zero-order chi connectivity index (χ0) is 19.1. The Bertz CT molecular complexity index is 781. The number of ether oxygens (including phenoxy) is 1. The molecule has 0 unspecified atom stereocenters. The van der Waals surface area contributed by atoms with Gasteiger partial charge in [-0.15, -0.1) is 0 Å². The monoisotopic (exact) mass is 378 g/mol. The molecule has 0 spiro atoms. The summed E-state index contributed by atoms with van der Waals surface area (Å²) in [5, 5.41) is 3.15. The van der Waals surface area contributed by atoms with Crippen LogP contribution in [-0.4, -0.2) is 32.0 Å². The Labute approximate surface area is 156 Å². The quantitative estimate of drug-likeness (QED) is 0.805. The van der Waals surface area contributed by atoms with Gasteiger partial charge in [0.05, 0.1) is 18.6 Å². The molecule has 0 bridgehead atoms. The van der Waals surface area contributed by atoms with Crippen LogP contribution in [0.15, 0.2) is 42.5 Å². The number of anilines is 1. The van der Waals surface area contributed by atoms with E-state index < -0.39 is 0 Å². The molecule has 0 fully saturated rings. The highest BCUT2D eigenvalue weighted by atomic mass is 35.5. The summed E-state index contributed by atoms with van der Waals surface area (Å²) in [7, 11) is 1.51. The predicted molar refractivity (Wildman–Crippen MR) is 99.1 cm³/mol. The van der Waals surface area contributed by atoms with Crippen molar-refractivity contribution in [2.24, 2.45) is 0 Å². The van der Waals surface area contributed by atoms with Gasteiger partial charge in [0.2, 0.25) is 11.8 Å². The van der Waals surface area contributed by atoms with E-state index in [4.69, 9.17) is 16.3 Å². The third-order valence-corrected chi connectivity index (χ3v) is 4.06. The van der Waals surface area contributed by atoms with Crippen molar-refractivity contribution in [3.63, 3.8) is 0 Å². The number of halogens is 2. The topological polar surface area (TPSA) is 58.6 Å². The zero-order valence-electron chi connectivity index (χ0n) is 14.6. The fourth-order valence-electron chi connectivity index (χ4n) is 2.45. The van der Waals surface area contributed by atoms with Gasteiger partial charge in [-0.25, -0.2) is 4.39 Å². The van der Waals surface area contributed by atoms with E-state index in [9.17, 15) is 14.0 Å². The number of hydrogen-bond donors (Lipinski definition) is 1. The second-order valence-corrected chi connectivity index (χ2v) is 6.05. The van der Waals surface area contributed by atoms with Crippen molar-refractivity contribution < 1.29 is 18.7 Å². The molecule has 7 heteroatoms. The van der Waals surface area contributed by atoms with E-state index in [1.54, 1.807) is 30.3 Å². The second-order valence-electron chi connectivity index (χ2n) is 5.64. The number of methoxy groups -OCH3 is 1. The summed E-state index contributed by atoms with van der Waals surface area (Å²) in [6, 6.07) is 10.8. The summed E-state index contributed by atoms with van der Waals surface area (Å²) in [4.78, 5) is 25.4. The molecular formula is C19H20ClFN2O3. The van der Waals surface area contributed by atoms with Crippen molar-refractivity contribution in [2.45, 2.75) is 13.3 Å². The molecule has 0 aromatic heterocycles. The molecule has 0 aliphatic heterocycles. The highest BCUT2D eigenvalue weighted by Gasteiger charge is 2.14. The van der Waals surface area contributed by atoms with Gasteiger partial charge in [-0.3, -0.25) is 9.59 Å². The maximum absolute atomic E-state index is 12.9. The van der Waals surface area contributed by atoms with Crippen LogP contribution >= 0.6 is 11.6 Å². The Morgan fingerprint density at radius 3 is 2.46 bits per heavy atom. The minimum absolute atomic E-state index is 0.148. The zero-order valence-corrected chi connectivity index (χ0v) is 15.3. The average Bonchev–Trinajstić information content (AvgIpc) is 2.60. The molecule has 0 saturated heterocycles. The normalized spacial score (nSPS) is 10.3. The minimum Gasteiger partial charge on any atom is -0.495 e. The Hall–Kier alpha value is -2.60. The Morgan fingerprint density at radius 1 is 1.19 bits per heavy atom. The molecule has 1 N–H and O–H groups in total. The lowest BCUT2D eigenvalue weighted by Gasteiger charge is -2.22. The van der Waals surface area contributed by atoms with Crippen LogP contribution in [0.5, 0.6) is 5.75 Å². The second kappa shape index (κ2) is 9.20. The maximum atomic E-state index is 12.9. The molecule has 0 heterocycles. The van der Waals surface area contributed by atoms with Gasteiger partial charge >= 0.3 is 0 Å². The lowest BCUT2D eigenvalue weighted by atomic mass is 10.1. The summed E-state index contributed by atoms with van der Waals surface area (Å²) >= 11 is 6.10. The summed E-state index contributed by atoms with van der Waals surface area (Å²) in [5.41, 5.74) is 1.34. The lowest BCUT2D eigenvalue weighted by Crippen LogP contribution is -2.38. The van der Waals surface area contributed by atoms with E-state index in [0.29, 0.717) is 28.6 Å². The fourth-order valence-corrected chi connectivity index (χ4v) is 2.70. The Balaban J connectivity index is 1.92. The number of hydrogen-bond acceptors (Lipinski definition) is 3. The molecule has 2 amide bonds. The molecule has 26 heavy (non-hydrogen) atoms. The van der Waals surface area contributed by atoms with E-state index in [0.717, 1.165) is 0 Å². The SMILES string of the molecule is COc1ccc(N(CCNC(=O)Cc2ccc(F)cc2)C(C)=O)cc1Cl. The smallest absolute Gasteiger partial charge is 0.224 e. The van der Waals surface area contributed by atoms with Gasteiger partial charge in [0.1, 0.15) is 11.6 Å². The maximum Gasteiger partial charge on any atom is 0.224 e. The molecule has 2 rings (SSSR count). The number of amides is 2. The van der Waals surface area contributed by atoms with Crippen LogP contribution in [0.25, 0.3) is 0 Å². The van der Waals surface area contributed by atoms with E-state index in [-0.39, 0.29) is 30.6 Å². The van der Waals surface area contributed by atoms with Crippen LogP contribution in [0.1, 0.15) is 12.5 Å². The Kier molecular flexibility index (Phi) is 6.97. The third kappa shape index (κ3) is 5.46. The fraction of sp³-hybridized carbons (Fsp3) is 0.263. The third-order valence-electron chi connectivity index (χ3n) is 3.76. The van der Waals surface area contributed by atoms with Crippen molar-refractivity contribution >= 4 is 29.1 Å².